The van der Waals surface area contributed by atoms with Gasteiger partial charge in [0.25, 0.3) is 0 Å². The van der Waals surface area contributed by atoms with E-state index in [0.717, 1.165) is 12.2 Å². The molecule has 1 fully saturated rings. The van der Waals surface area contributed by atoms with Crippen molar-refractivity contribution in [3.63, 3.8) is 0 Å². The van der Waals surface area contributed by atoms with Gasteiger partial charge in [-0.1, -0.05) is 31.2 Å². The number of hydrogen-bond donors (Lipinski definition) is 0. The first-order valence-electron chi connectivity index (χ1n) is 7.30. The number of carbonyl (C=O) groups excluding carboxylic acids is 1. The van der Waals surface area contributed by atoms with Crippen LogP contribution in [0, 0.1) is 11.8 Å². The Hall–Kier alpha value is -0.580. The van der Waals surface area contributed by atoms with Crippen molar-refractivity contribution < 1.29 is 9.63 Å². The molecular weight excluding hydrogens is 270 g/mol. The van der Waals surface area contributed by atoms with Gasteiger partial charge in [0.15, 0.2) is 0 Å². The first kappa shape index (κ1) is 17.5. The maximum Gasteiger partial charge on any atom is 0.126 e. The Balaban J connectivity index is 2.17. The van der Waals surface area contributed by atoms with Gasteiger partial charge in [0.05, 0.1) is 6.61 Å². The molecular formula is C16H27NO2S. The molecule has 1 aliphatic rings. The molecule has 0 aromatic rings. The van der Waals surface area contributed by atoms with E-state index in [9.17, 15) is 4.79 Å². The summed E-state index contributed by atoms with van der Waals surface area (Å²) in [4.78, 5) is 16.1. The Labute approximate surface area is 127 Å². The van der Waals surface area contributed by atoms with Crippen LogP contribution >= 0.6 is 11.8 Å². The Morgan fingerprint density at radius 3 is 2.90 bits per heavy atom. The minimum atomic E-state index is -0.0184. The summed E-state index contributed by atoms with van der Waals surface area (Å²) in [7, 11) is 2.03. The topological polar surface area (TPSA) is 29.5 Å². The largest absolute Gasteiger partial charge is 0.303 e. The van der Waals surface area contributed by atoms with Gasteiger partial charge in [0.2, 0.25) is 0 Å². The lowest BCUT2D eigenvalue weighted by Crippen LogP contribution is -2.30. The van der Waals surface area contributed by atoms with Gasteiger partial charge in [0, 0.05) is 19.0 Å². The van der Waals surface area contributed by atoms with Crippen molar-refractivity contribution in [3.05, 3.63) is 24.3 Å². The normalized spacial score (nSPS) is 25.0. The number of rotatable bonds is 9. The highest BCUT2D eigenvalue weighted by atomic mass is 32.2. The molecule has 4 heteroatoms. The molecule has 1 rings (SSSR count). The van der Waals surface area contributed by atoms with Crippen LogP contribution in [0.4, 0.5) is 0 Å². The van der Waals surface area contributed by atoms with E-state index in [-0.39, 0.29) is 5.92 Å². The Morgan fingerprint density at radius 2 is 2.20 bits per heavy atom. The van der Waals surface area contributed by atoms with E-state index in [1.54, 1.807) is 0 Å². The van der Waals surface area contributed by atoms with E-state index < -0.39 is 0 Å². The zero-order valence-corrected chi connectivity index (χ0v) is 13.6. The Morgan fingerprint density at radius 1 is 1.40 bits per heavy atom. The van der Waals surface area contributed by atoms with Crippen molar-refractivity contribution in [1.82, 2.24) is 5.06 Å². The molecule has 0 N–H and O–H groups in total. The summed E-state index contributed by atoms with van der Waals surface area (Å²) >= 11 is 1.94. The number of thioether (sulfide) groups is 1. The molecule has 0 bridgehead atoms. The fourth-order valence-corrected chi connectivity index (χ4v) is 3.22. The average Bonchev–Trinajstić information content (AvgIpc) is 2.91. The van der Waals surface area contributed by atoms with Crippen molar-refractivity contribution in [2.75, 3.05) is 25.7 Å². The second-order valence-electron chi connectivity index (χ2n) is 5.44. The van der Waals surface area contributed by atoms with Crippen LogP contribution in [0.25, 0.3) is 0 Å². The lowest BCUT2D eigenvalue weighted by Gasteiger charge is -2.23. The summed E-state index contributed by atoms with van der Waals surface area (Å²) in [5.74, 6) is 2.10. The summed E-state index contributed by atoms with van der Waals surface area (Å²) in [6.45, 7) is 2.45. The Bertz CT molecular complexity index is 330. The van der Waals surface area contributed by atoms with Crippen molar-refractivity contribution in [2.24, 2.45) is 11.8 Å². The van der Waals surface area contributed by atoms with Gasteiger partial charge >= 0.3 is 0 Å². The number of allylic oxidation sites excluding steroid dienone is 3. The molecule has 0 aliphatic heterocycles. The average molecular weight is 297 g/mol. The van der Waals surface area contributed by atoms with Gasteiger partial charge < -0.3 is 4.79 Å². The smallest absolute Gasteiger partial charge is 0.126 e. The SMILES string of the molecule is CSCC1CCC(N(C)OC/C=C\C=C/C(C)C=O)C1. The summed E-state index contributed by atoms with van der Waals surface area (Å²) < 4.78 is 0. The maximum absolute atomic E-state index is 10.4. The summed E-state index contributed by atoms with van der Waals surface area (Å²) in [5, 5.41) is 2.02. The van der Waals surface area contributed by atoms with Gasteiger partial charge in [0.1, 0.15) is 6.29 Å². The van der Waals surface area contributed by atoms with E-state index in [4.69, 9.17) is 4.84 Å². The lowest BCUT2D eigenvalue weighted by molar-refractivity contribution is -0.156. The molecule has 20 heavy (non-hydrogen) atoms. The number of hydroxylamine groups is 2. The first-order valence-corrected chi connectivity index (χ1v) is 8.70. The fourth-order valence-electron chi connectivity index (χ4n) is 2.45. The standard InChI is InChI=1S/C16H27NO2S/c1-14(12-18)7-5-4-6-10-19-17(2)16-9-8-15(11-16)13-20-3/h4-7,12,14-16H,8-11,13H2,1-3H3/b6-4-,7-5-. The minimum Gasteiger partial charge on any atom is -0.303 e. The zero-order chi connectivity index (χ0) is 14.8. The van der Waals surface area contributed by atoms with E-state index in [0.29, 0.717) is 12.6 Å². The fraction of sp³-hybridized carbons (Fsp3) is 0.688. The van der Waals surface area contributed by atoms with Gasteiger partial charge in [-0.2, -0.15) is 16.8 Å². The van der Waals surface area contributed by atoms with Gasteiger partial charge in [-0.25, -0.2) is 0 Å². The van der Waals surface area contributed by atoms with Crippen molar-refractivity contribution in [2.45, 2.75) is 32.2 Å². The van der Waals surface area contributed by atoms with Crippen LogP contribution in [0.15, 0.2) is 24.3 Å². The van der Waals surface area contributed by atoms with Crippen LogP contribution in [-0.2, 0) is 9.63 Å². The maximum atomic E-state index is 10.4. The second kappa shape index (κ2) is 10.2. The molecule has 0 radical (unpaired) electrons. The first-order chi connectivity index (χ1) is 9.67. The van der Waals surface area contributed by atoms with Crippen LogP contribution in [-0.4, -0.2) is 43.1 Å². The van der Waals surface area contributed by atoms with E-state index in [1.165, 1.54) is 25.0 Å². The predicted molar refractivity (Wildman–Crippen MR) is 86.7 cm³/mol. The molecule has 0 spiro atoms. The number of aldehydes is 1. The molecule has 0 aromatic heterocycles. The molecule has 0 aromatic carbocycles. The van der Waals surface area contributed by atoms with E-state index >= 15 is 0 Å². The number of hydrogen-bond acceptors (Lipinski definition) is 4. The van der Waals surface area contributed by atoms with E-state index in [2.05, 4.69) is 6.26 Å². The molecule has 0 heterocycles. The van der Waals surface area contributed by atoms with Crippen LogP contribution < -0.4 is 0 Å². The van der Waals surface area contributed by atoms with E-state index in [1.807, 2.05) is 55.1 Å². The lowest BCUT2D eigenvalue weighted by atomic mass is 10.1. The number of nitrogens with zero attached hydrogens (tertiary/aromatic N) is 1. The third-order valence-corrected chi connectivity index (χ3v) is 4.49. The summed E-state index contributed by atoms with van der Waals surface area (Å²) in [6, 6.07) is 0.561. The van der Waals surface area contributed by atoms with Gasteiger partial charge in [-0.3, -0.25) is 4.84 Å². The number of carbonyl (C=O) groups is 1. The minimum absolute atomic E-state index is 0.0184. The molecule has 3 atom stereocenters. The Kier molecular flexibility index (Phi) is 8.90. The molecule has 114 valence electrons. The molecule has 0 amide bonds. The second-order valence-corrected chi connectivity index (χ2v) is 6.35. The van der Waals surface area contributed by atoms with Crippen LogP contribution in [0.3, 0.4) is 0 Å². The molecule has 1 saturated carbocycles. The highest BCUT2D eigenvalue weighted by Crippen LogP contribution is 2.30. The van der Waals surface area contributed by atoms with Crippen molar-refractivity contribution in [3.8, 4) is 0 Å². The summed E-state index contributed by atoms with van der Waals surface area (Å²) in [5.41, 5.74) is 0. The van der Waals surface area contributed by atoms with Gasteiger partial charge in [-0.05, 0) is 37.2 Å². The predicted octanol–water partition coefficient (Wildman–Crippen LogP) is 3.33. The van der Waals surface area contributed by atoms with Crippen LogP contribution in [0.2, 0.25) is 0 Å². The van der Waals surface area contributed by atoms with Crippen LogP contribution in [0.5, 0.6) is 0 Å². The molecule has 3 unspecified atom stereocenters. The summed E-state index contributed by atoms with van der Waals surface area (Å²) in [6.07, 6.45) is 14.6. The highest BCUT2D eigenvalue weighted by molar-refractivity contribution is 7.98. The van der Waals surface area contributed by atoms with Crippen molar-refractivity contribution >= 4 is 18.0 Å². The van der Waals surface area contributed by atoms with Crippen LogP contribution in [0.1, 0.15) is 26.2 Å². The highest BCUT2D eigenvalue weighted by Gasteiger charge is 2.27. The molecule has 1 aliphatic carbocycles. The monoisotopic (exact) mass is 297 g/mol. The van der Waals surface area contributed by atoms with Crippen molar-refractivity contribution in [1.29, 1.82) is 0 Å². The quantitative estimate of drug-likeness (QED) is 0.371. The third-order valence-electron chi connectivity index (χ3n) is 3.68. The molecule has 3 nitrogen and oxygen atoms in total. The zero-order valence-electron chi connectivity index (χ0n) is 12.8. The van der Waals surface area contributed by atoms with Gasteiger partial charge in [-0.15, -0.1) is 0 Å². The third kappa shape index (κ3) is 6.73. The molecule has 0 saturated heterocycles.